The SMILES string of the molecule is CC(CCC(=O)NCCC(C)(C)C(=O)O)CNC(=O)OCC1c2ccccc2-c2ccccc21. The van der Waals surface area contributed by atoms with Crippen molar-refractivity contribution in [1.82, 2.24) is 10.6 Å². The normalized spacial score (nSPS) is 13.5. The number of hydrogen-bond acceptors (Lipinski definition) is 4. The summed E-state index contributed by atoms with van der Waals surface area (Å²) in [7, 11) is 0. The third-order valence-electron chi connectivity index (χ3n) is 6.45. The van der Waals surface area contributed by atoms with Gasteiger partial charge < -0.3 is 20.5 Å². The molecule has 0 aromatic heterocycles. The molecule has 3 rings (SSSR count). The number of nitrogens with one attached hydrogen (secondary N) is 2. The minimum Gasteiger partial charge on any atom is -0.481 e. The highest BCUT2D eigenvalue weighted by molar-refractivity contribution is 5.79. The van der Waals surface area contributed by atoms with E-state index in [-0.39, 0.29) is 24.3 Å². The zero-order chi connectivity index (χ0) is 24.7. The summed E-state index contributed by atoms with van der Waals surface area (Å²) in [4.78, 5) is 35.4. The van der Waals surface area contributed by atoms with Crippen LogP contribution in [0.2, 0.25) is 0 Å². The van der Waals surface area contributed by atoms with E-state index >= 15 is 0 Å². The first-order valence-electron chi connectivity index (χ1n) is 11.8. The molecular weight excluding hydrogens is 432 g/mol. The molecule has 1 aliphatic carbocycles. The largest absolute Gasteiger partial charge is 0.481 e. The minimum absolute atomic E-state index is 0.0189. The molecule has 0 aliphatic heterocycles. The van der Waals surface area contributed by atoms with Gasteiger partial charge in [-0.25, -0.2) is 4.79 Å². The number of benzene rings is 2. The van der Waals surface area contributed by atoms with Crippen LogP contribution in [0.4, 0.5) is 4.79 Å². The molecule has 0 saturated heterocycles. The van der Waals surface area contributed by atoms with Gasteiger partial charge >= 0.3 is 12.1 Å². The van der Waals surface area contributed by atoms with E-state index in [2.05, 4.69) is 34.9 Å². The lowest BCUT2D eigenvalue weighted by atomic mass is 9.90. The van der Waals surface area contributed by atoms with Gasteiger partial charge in [0.2, 0.25) is 5.91 Å². The summed E-state index contributed by atoms with van der Waals surface area (Å²) in [5, 5.41) is 14.7. The predicted octanol–water partition coefficient (Wildman–Crippen LogP) is 4.56. The van der Waals surface area contributed by atoms with Crippen LogP contribution in [-0.2, 0) is 14.3 Å². The second kappa shape index (κ2) is 11.2. The van der Waals surface area contributed by atoms with Crippen molar-refractivity contribution < 1.29 is 24.2 Å². The quantitative estimate of drug-likeness (QED) is 0.450. The maximum absolute atomic E-state index is 12.3. The molecule has 0 radical (unpaired) electrons. The van der Waals surface area contributed by atoms with Gasteiger partial charge in [0.25, 0.3) is 0 Å². The molecule has 3 N–H and O–H groups in total. The number of hydrogen-bond donors (Lipinski definition) is 3. The molecular formula is C27H34N2O5. The molecule has 34 heavy (non-hydrogen) atoms. The summed E-state index contributed by atoms with van der Waals surface area (Å²) in [6, 6.07) is 16.4. The number of aliphatic carboxylic acids is 1. The Kier molecular flexibility index (Phi) is 8.31. The number of carbonyl (C=O) groups excluding carboxylic acids is 2. The second-order valence-electron chi connectivity index (χ2n) is 9.64. The molecule has 0 heterocycles. The van der Waals surface area contributed by atoms with Gasteiger partial charge in [-0.05, 0) is 54.9 Å². The fraction of sp³-hybridized carbons (Fsp3) is 0.444. The first-order chi connectivity index (χ1) is 16.2. The second-order valence-corrected chi connectivity index (χ2v) is 9.64. The van der Waals surface area contributed by atoms with E-state index in [1.807, 2.05) is 31.2 Å². The Labute approximate surface area is 200 Å². The molecule has 7 heteroatoms. The van der Waals surface area contributed by atoms with E-state index in [1.165, 1.54) is 22.3 Å². The molecule has 7 nitrogen and oxygen atoms in total. The number of amides is 2. The molecule has 0 bridgehead atoms. The van der Waals surface area contributed by atoms with Crippen molar-refractivity contribution in [2.45, 2.75) is 46.0 Å². The first-order valence-corrected chi connectivity index (χ1v) is 11.8. The van der Waals surface area contributed by atoms with Gasteiger partial charge in [-0.3, -0.25) is 9.59 Å². The monoisotopic (exact) mass is 466 g/mol. The maximum atomic E-state index is 12.3. The van der Waals surface area contributed by atoms with Crippen molar-refractivity contribution in [3.8, 4) is 11.1 Å². The highest BCUT2D eigenvalue weighted by atomic mass is 16.5. The van der Waals surface area contributed by atoms with Gasteiger partial charge in [-0.15, -0.1) is 0 Å². The van der Waals surface area contributed by atoms with Crippen molar-refractivity contribution in [2.24, 2.45) is 11.3 Å². The standard InChI is InChI=1S/C27H34N2O5/c1-18(12-13-24(30)28-15-14-27(2,3)25(31)32)16-29-26(33)34-17-23-21-10-6-4-8-19(21)20-9-5-7-11-22(20)23/h4-11,18,23H,12-17H2,1-3H3,(H,28,30)(H,29,33)(H,31,32). The number of rotatable bonds is 11. The molecule has 182 valence electrons. The Hall–Kier alpha value is -3.35. The maximum Gasteiger partial charge on any atom is 0.407 e. The Morgan fingerprint density at radius 2 is 1.59 bits per heavy atom. The lowest BCUT2D eigenvalue weighted by molar-refractivity contribution is -0.147. The molecule has 2 amide bonds. The lowest BCUT2D eigenvalue weighted by Crippen LogP contribution is -2.33. The van der Waals surface area contributed by atoms with Crippen LogP contribution >= 0.6 is 0 Å². The first kappa shape index (κ1) is 25.3. The predicted molar refractivity (Wildman–Crippen MR) is 131 cm³/mol. The van der Waals surface area contributed by atoms with Crippen molar-refractivity contribution in [3.63, 3.8) is 0 Å². The summed E-state index contributed by atoms with van der Waals surface area (Å²) in [6.07, 6.45) is 0.834. The molecule has 1 atom stereocenters. The van der Waals surface area contributed by atoms with E-state index in [0.717, 1.165) is 0 Å². The molecule has 2 aromatic carbocycles. The Bertz CT molecular complexity index is 988. The minimum atomic E-state index is -0.880. The Morgan fingerprint density at radius 1 is 1.00 bits per heavy atom. The lowest BCUT2D eigenvalue weighted by Gasteiger charge is -2.19. The van der Waals surface area contributed by atoms with Crippen molar-refractivity contribution in [1.29, 1.82) is 0 Å². The fourth-order valence-electron chi connectivity index (χ4n) is 4.10. The van der Waals surface area contributed by atoms with E-state index in [1.54, 1.807) is 13.8 Å². The summed E-state index contributed by atoms with van der Waals surface area (Å²) >= 11 is 0. The number of carboxylic acids is 1. The summed E-state index contributed by atoms with van der Waals surface area (Å²) < 4.78 is 5.54. The van der Waals surface area contributed by atoms with E-state index in [9.17, 15) is 14.4 Å². The fourth-order valence-corrected chi connectivity index (χ4v) is 4.10. The third-order valence-corrected chi connectivity index (χ3v) is 6.45. The van der Waals surface area contributed by atoms with Gasteiger partial charge in [-0.1, -0.05) is 55.5 Å². The molecule has 1 aliphatic rings. The number of fused-ring (bicyclic) bond motifs is 3. The number of carboxylic acid groups (broad SMARTS) is 1. The van der Waals surface area contributed by atoms with E-state index in [4.69, 9.17) is 9.84 Å². The van der Waals surface area contributed by atoms with Crippen LogP contribution < -0.4 is 10.6 Å². The van der Waals surface area contributed by atoms with E-state index in [0.29, 0.717) is 32.4 Å². The smallest absolute Gasteiger partial charge is 0.407 e. The molecule has 0 fully saturated rings. The van der Waals surface area contributed by atoms with Gasteiger partial charge in [-0.2, -0.15) is 0 Å². The van der Waals surface area contributed by atoms with Crippen LogP contribution in [0.1, 0.15) is 57.1 Å². The topological polar surface area (TPSA) is 105 Å². The van der Waals surface area contributed by atoms with Crippen LogP contribution in [0.25, 0.3) is 11.1 Å². The van der Waals surface area contributed by atoms with Crippen LogP contribution in [0.5, 0.6) is 0 Å². The van der Waals surface area contributed by atoms with Gasteiger partial charge in [0.15, 0.2) is 0 Å². The van der Waals surface area contributed by atoms with Crippen molar-refractivity contribution in [3.05, 3.63) is 59.7 Å². The van der Waals surface area contributed by atoms with Crippen molar-refractivity contribution >= 4 is 18.0 Å². The van der Waals surface area contributed by atoms with Crippen LogP contribution in [0, 0.1) is 11.3 Å². The Balaban J connectivity index is 1.37. The summed E-state index contributed by atoms with van der Waals surface area (Å²) in [5.74, 6) is -0.879. The zero-order valence-electron chi connectivity index (χ0n) is 20.1. The van der Waals surface area contributed by atoms with Gasteiger partial charge in [0.05, 0.1) is 5.41 Å². The average molecular weight is 467 g/mol. The Morgan fingerprint density at radius 3 is 2.18 bits per heavy atom. The van der Waals surface area contributed by atoms with Crippen LogP contribution in [0.3, 0.4) is 0 Å². The summed E-state index contributed by atoms with van der Waals surface area (Å²) in [6.45, 7) is 6.24. The third kappa shape index (κ3) is 6.37. The highest BCUT2D eigenvalue weighted by Crippen LogP contribution is 2.44. The number of carbonyl (C=O) groups is 3. The molecule has 0 spiro atoms. The van der Waals surface area contributed by atoms with Crippen molar-refractivity contribution in [2.75, 3.05) is 19.7 Å². The van der Waals surface area contributed by atoms with Gasteiger partial charge in [0, 0.05) is 25.4 Å². The number of ether oxygens (including phenoxy) is 1. The average Bonchev–Trinajstić information content (AvgIpc) is 3.13. The molecule has 2 aromatic rings. The zero-order valence-corrected chi connectivity index (χ0v) is 20.1. The molecule has 1 unspecified atom stereocenters. The highest BCUT2D eigenvalue weighted by Gasteiger charge is 2.29. The van der Waals surface area contributed by atoms with Crippen LogP contribution in [0.15, 0.2) is 48.5 Å². The van der Waals surface area contributed by atoms with Crippen LogP contribution in [-0.4, -0.2) is 42.8 Å². The van der Waals surface area contributed by atoms with Gasteiger partial charge in [0.1, 0.15) is 6.61 Å². The number of alkyl carbamates (subject to hydrolysis) is 1. The molecule has 0 saturated carbocycles. The van der Waals surface area contributed by atoms with E-state index < -0.39 is 17.5 Å². The summed E-state index contributed by atoms with van der Waals surface area (Å²) in [5.41, 5.74) is 3.84.